The summed E-state index contributed by atoms with van der Waals surface area (Å²) in [4.78, 5) is 33.8. The summed E-state index contributed by atoms with van der Waals surface area (Å²) in [5, 5.41) is 18.2. The van der Waals surface area contributed by atoms with Crippen molar-refractivity contribution in [2.75, 3.05) is 6.61 Å². The van der Waals surface area contributed by atoms with Crippen LogP contribution in [0.3, 0.4) is 0 Å². The lowest BCUT2D eigenvalue weighted by Gasteiger charge is -2.22. The van der Waals surface area contributed by atoms with Crippen LogP contribution in [0.15, 0.2) is 41.2 Å². The first-order chi connectivity index (χ1) is 16.1. The molecule has 9 heteroatoms. The summed E-state index contributed by atoms with van der Waals surface area (Å²) in [5.41, 5.74) is 2.06. The number of allylic oxidation sites excluding steroid dienone is 1. The number of nitrogens with zero attached hydrogens (tertiary/aromatic N) is 1. The van der Waals surface area contributed by atoms with Crippen molar-refractivity contribution in [1.82, 2.24) is 4.73 Å². The molecular weight excluding hydrogens is 481 g/mol. The molecule has 0 radical (unpaired) electrons. The molecule has 2 N–H and O–H groups in total. The van der Waals surface area contributed by atoms with Crippen molar-refractivity contribution in [2.45, 2.75) is 58.3 Å². The average Bonchev–Trinajstić information content (AvgIpc) is 2.82. The Balaban J connectivity index is 0.000000246. The number of Topliss-reactive ketones (excluding diaryl/α,β-unsaturated/α-hetero) is 1. The number of halogens is 2. The van der Waals surface area contributed by atoms with Gasteiger partial charge in [0.15, 0.2) is 12.4 Å². The van der Waals surface area contributed by atoms with Crippen LogP contribution < -0.4 is 10.3 Å². The van der Waals surface area contributed by atoms with Crippen molar-refractivity contribution in [1.29, 1.82) is 0 Å². The Labute approximate surface area is 208 Å². The molecule has 0 spiro atoms. The van der Waals surface area contributed by atoms with E-state index in [1.165, 1.54) is 37.5 Å². The number of carbonyl (C=O) groups excluding carboxylic acids is 1. The van der Waals surface area contributed by atoms with Gasteiger partial charge in [-0.3, -0.25) is 9.59 Å². The maximum atomic E-state index is 11.9. The predicted molar refractivity (Wildman–Crippen MR) is 132 cm³/mol. The lowest BCUT2D eigenvalue weighted by atomic mass is 9.86. The third-order valence-corrected chi connectivity index (χ3v) is 6.46. The normalized spacial score (nSPS) is 13.5. The van der Waals surface area contributed by atoms with Gasteiger partial charge in [-0.25, -0.2) is 4.79 Å². The molecule has 184 valence electrons. The number of aliphatic carboxylic acids is 1. The summed E-state index contributed by atoms with van der Waals surface area (Å²) in [7, 11) is 0. The molecule has 0 saturated heterocycles. The van der Waals surface area contributed by atoms with E-state index in [9.17, 15) is 19.6 Å². The fraction of sp³-hybridized carbons (Fsp3) is 0.400. The SMILES string of the molecule is C=C(CC)C(=O)c1ccc(OCC(=O)O)c(Cl)c1Cl.Cc1cc(C2CCCCC2)n(O)c(=O)c1. The van der Waals surface area contributed by atoms with Gasteiger partial charge in [-0.1, -0.05) is 56.0 Å². The van der Waals surface area contributed by atoms with Crippen LogP contribution in [0.1, 0.15) is 73.0 Å². The molecule has 3 rings (SSSR count). The van der Waals surface area contributed by atoms with Crippen molar-refractivity contribution in [3.05, 3.63) is 73.6 Å². The first kappa shape index (κ1) is 27.5. The van der Waals surface area contributed by atoms with Gasteiger partial charge in [-0.05, 0) is 55.5 Å². The van der Waals surface area contributed by atoms with Crippen LogP contribution in [-0.2, 0) is 4.79 Å². The molecular formula is C25H29Cl2NO6. The fourth-order valence-electron chi connectivity index (χ4n) is 3.72. The van der Waals surface area contributed by atoms with E-state index in [4.69, 9.17) is 33.0 Å². The Kier molecular flexibility index (Phi) is 10.2. The Morgan fingerprint density at radius 2 is 1.79 bits per heavy atom. The third kappa shape index (κ3) is 7.11. The van der Waals surface area contributed by atoms with E-state index in [2.05, 4.69) is 6.58 Å². The van der Waals surface area contributed by atoms with Gasteiger partial charge in [0.05, 0.1) is 10.7 Å². The zero-order chi connectivity index (χ0) is 25.4. The monoisotopic (exact) mass is 509 g/mol. The second kappa shape index (κ2) is 12.6. The van der Waals surface area contributed by atoms with Gasteiger partial charge >= 0.3 is 5.97 Å². The zero-order valence-electron chi connectivity index (χ0n) is 19.3. The average molecular weight is 510 g/mol. The van der Waals surface area contributed by atoms with Crippen molar-refractivity contribution in [3.63, 3.8) is 0 Å². The number of carboxylic acid groups (broad SMARTS) is 1. The first-order valence-corrected chi connectivity index (χ1v) is 11.8. The minimum Gasteiger partial charge on any atom is -0.480 e. The maximum absolute atomic E-state index is 11.9. The van der Waals surface area contributed by atoms with Gasteiger partial charge in [-0.2, -0.15) is 4.73 Å². The van der Waals surface area contributed by atoms with E-state index in [-0.39, 0.29) is 32.7 Å². The Morgan fingerprint density at radius 3 is 2.38 bits per heavy atom. The van der Waals surface area contributed by atoms with Crippen LogP contribution in [0.4, 0.5) is 0 Å². The molecule has 1 heterocycles. The van der Waals surface area contributed by atoms with E-state index >= 15 is 0 Å². The van der Waals surface area contributed by atoms with Gasteiger partial charge in [0.1, 0.15) is 10.8 Å². The molecule has 0 unspecified atom stereocenters. The molecule has 0 aliphatic heterocycles. The highest BCUT2D eigenvalue weighted by Crippen LogP contribution is 2.36. The van der Waals surface area contributed by atoms with Gasteiger partial charge < -0.3 is 15.1 Å². The van der Waals surface area contributed by atoms with Crippen LogP contribution in [0.25, 0.3) is 0 Å². The van der Waals surface area contributed by atoms with Gasteiger partial charge in [0.25, 0.3) is 5.56 Å². The maximum Gasteiger partial charge on any atom is 0.341 e. The Hall–Kier alpha value is -2.77. The van der Waals surface area contributed by atoms with Crippen LogP contribution >= 0.6 is 23.2 Å². The lowest BCUT2D eigenvalue weighted by molar-refractivity contribution is -0.139. The summed E-state index contributed by atoms with van der Waals surface area (Å²) < 4.78 is 5.77. The Morgan fingerprint density at radius 1 is 1.15 bits per heavy atom. The van der Waals surface area contributed by atoms with Crippen molar-refractivity contribution >= 4 is 35.0 Å². The predicted octanol–water partition coefficient (Wildman–Crippen LogP) is 6.05. The van der Waals surface area contributed by atoms with Crippen LogP contribution in [0.5, 0.6) is 5.75 Å². The van der Waals surface area contributed by atoms with E-state index in [0.717, 1.165) is 28.8 Å². The molecule has 0 amide bonds. The number of rotatable bonds is 7. The van der Waals surface area contributed by atoms with Crippen LogP contribution in [0, 0.1) is 6.92 Å². The van der Waals surface area contributed by atoms with Crippen molar-refractivity contribution in [3.8, 4) is 5.75 Å². The van der Waals surface area contributed by atoms with Gasteiger partial charge in [0, 0.05) is 17.5 Å². The number of benzene rings is 1. The molecule has 1 aliphatic carbocycles. The summed E-state index contributed by atoms with van der Waals surface area (Å²) in [6.07, 6.45) is 6.36. The molecule has 7 nitrogen and oxygen atoms in total. The minimum absolute atomic E-state index is 0.0117. The first-order valence-electron chi connectivity index (χ1n) is 11.0. The number of aryl methyl sites for hydroxylation is 1. The number of carbonyl (C=O) groups is 2. The Bertz CT molecular complexity index is 1120. The van der Waals surface area contributed by atoms with E-state index in [1.807, 2.05) is 13.0 Å². The molecule has 1 aromatic heterocycles. The summed E-state index contributed by atoms with van der Waals surface area (Å²) in [6, 6.07) is 6.24. The van der Waals surface area contributed by atoms with E-state index < -0.39 is 12.6 Å². The highest BCUT2D eigenvalue weighted by Gasteiger charge is 2.20. The molecule has 1 aliphatic rings. The number of pyridine rings is 1. The molecule has 1 fully saturated rings. The molecule has 1 saturated carbocycles. The third-order valence-electron chi connectivity index (χ3n) is 5.59. The van der Waals surface area contributed by atoms with Crippen molar-refractivity contribution in [2.24, 2.45) is 0 Å². The van der Waals surface area contributed by atoms with Gasteiger partial charge in [0.2, 0.25) is 0 Å². The number of ether oxygens (including phenoxy) is 1. The summed E-state index contributed by atoms with van der Waals surface area (Å²) in [5.74, 6) is -0.949. The highest BCUT2D eigenvalue weighted by molar-refractivity contribution is 6.45. The van der Waals surface area contributed by atoms with Crippen molar-refractivity contribution < 1.29 is 24.6 Å². The molecule has 2 aromatic rings. The highest BCUT2D eigenvalue weighted by atomic mass is 35.5. The number of hydrogen-bond donors (Lipinski definition) is 2. The standard InChI is InChI=1S/C13H12Cl2O4.C12H17NO2/c1-3-7(2)13(18)8-4-5-9(12(15)11(8)14)19-6-10(16)17;1-9-7-11(13(15)12(14)8-9)10-5-3-2-4-6-10/h4-5H,2-3,6H2,1H3,(H,16,17);7-8,10,15H,2-6H2,1H3. The number of ketones is 1. The smallest absolute Gasteiger partial charge is 0.341 e. The van der Waals surface area contributed by atoms with E-state index in [0.29, 0.717) is 17.9 Å². The minimum atomic E-state index is -1.13. The summed E-state index contributed by atoms with van der Waals surface area (Å²) in [6.45, 7) is 6.81. The quantitative estimate of drug-likeness (QED) is 0.267. The molecule has 34 heavy (non-hydrogen) atoms. The van der Waals surface area contributed by atoms with Gasteiger partial charge in [-0.15, -0.1) is 0 Å². The van der Waals surface area contributed by atoms with E-state index in [1.54, 1.807) is 6.92 Å². The summed E-state index contributed by atoms with van der Waals surface area (Å²) >= 11 is 11.9. The number of carboxylic acids is 1. The molecule has 1 aromatic carbocycles. The number of hydrogen-bond acceptors (Lipinski definition) is 5. The molecule has 0 atom stereocenters. The van der Waals surface area contributed by atoms with Crippen LogP contribution in [-0.4, -0.2) is 33.4 Å². The largest absolute Gasteiger partial charge is 0.480 e. The second-order valence-electron chi connectivity index (χ2n) is 8.15. The zero-order valence-corrected chi connectivity index (χ0v) is 20.8. The second-order valence-corrected chi connectivity index (χ2v) is 8.91. The number of aromatic nitrogens is 1. The lowest BCUT2D eigenvalue weighted by Crippen LogP contribution is -2.23. The van der Waals surface area contributed by atoms with Crippen LogP contribution in [0.2, 0.25) is 10.0 Å². The molecule has 0 bridgehead atoms. The fourth-order valence-corrected chi connectivity index (χ4v) is 4.18. The topological polar surface area (TPSA) is 106 Å².